The molecule has 72 valence electrons. The van der Waals surface area contributed by atoms with Gasteiger partial charge in [0.1, 0.15) is 10.3 Å². The molecule has 0 aromatic carbocycles. The molecule has 1 aromatic heterocycles. The fourth-order valence-corrected chi connectivity index (χ4v) is 1.58. The maximum Gasteiger partial charge on any atom is 0.280 e. The molecule has 1 aromatic rings. The summed E-state index contributed by atoms with van der Waals surface area (Å²) in [6, 6.07) is 1.17. The molecule has 6 heteroatoms. The average molecular weight is 317 g/mol. The second-order valence-corrected chi connectivity index (χ2v) is 3.81. The van der Waals surface area contributed by atoms with Crippen LogP contribution < -0.4 is 0 Å². The SMILES string of the molecule is OCc1cc(C(F)F)nc(Br)c1Br. The highest BCUT2D eigenvalue weighted by atomic mass is 79.9. The summed E-state index contributed by atoms with van der Waals surface area (Å²) in [6.45, 7) is -0.304. The molecule has 0 amide bonds. The molecular formula is C7H5Br2F2NO. The Bertz CT molecular complexity index is 320. The summed E-state index contributed by atoms with van der Waals surface area (Å²) < 4.78 is 25.2. The molecule has 0 saturated carbocycles. The predicted molar refractivity (Wildman–Crippen MR) is 50.5 cm³/mol. The molecule has 0 fully saturated rings. The lowest BCUT2D eigenvalue weighted by atomic mass is 10.2. The van der Waals surface area contributed by atoms with Crippen molar-refractivity contribution in [1.82, 2.24) is 4.98 Å². The van der Waals surface area contributed by atoms with E-state index >= 15 is 0 Å². The number of alkyl halides is 2. The van der Waals surface area contributed by atoms with Gasteiger partial charge < -0.3 is 5.11 Å². The highest BCUT2D eigenvalue weighted by Crippen LogP contribution is 2.29. The van der Waals surface area contributed by atoms with Crippen molar-refractivity contribution < 1.29 is 13.9 Å². The van der Waals surface area contributed by atoms with Gasteiger partial charge in [-0.1, -0.05) is 0 Å². The van der Waals surface area contributed by atoms with Gasteiger partial charge in [-0.05, 0) is 43.5 Å². The lowest BCUT2D eigenvalue weighted by molar-refractivity contribution is 0.145. The van der Waals surface area contributed by atoms with Gasteiger partial charge in [0.05, 0.1) is 11.1 Å². The first-order valence-corrected chi connectivity index (χ1v) is 4.88. The Morgan fingerprint density at radius 1 is 1.46 bits per heavy atom. The van der Waals surface area contributed by atoms with Crippen LogP contribution in [0.15, 0.2) is 15.1 Å². The van der Waals surface area contributed by atoms with E-state index in [4.69, 9.17) is 5.11 Å². The Morgan fingerprint density at radius 2 is 2.08 bits per heavy atom. The van der Waals surface area contributed by atoms with Crippen LogP contribution in [0.5, 0.6) is 0 Å². The average Bonchev–Trinajstić information content (AvgIpc) is 2.09. The summed E-state index contributed by atoms with van der Waals surface area (Å²) in [5, 5.41) is 8.83. The molecule has 0 radical (unpaired) electrons. The Hall–Kier alpha value is -0.0700. The Labute approximate surface area is 90.2 Å². The molecule has 0 aliphatic heterocycles. The number of pyridine rings is 1. The Kier molecular flexibility index (Phi) is 3.75. The topological polar surface area (TPSA) is 33.1 Å². The summed E-state index contributed by atoms with van der Waals surface area (Å²) in [5.74, 6) is 0. The number of halogens is 4. The van der Waals surface area contributed by atoms with Crippen molar-refractivity contribution in [3.05, 3.63) is 26.4 Å². The van der Waals surface area contributed by atoms with Crippen molar-refractivity contribution in [2.45, 2.75) is 13.0 Å². The van der Waals surface area contributed by atoms with Gasteiger partial charge in [-0.15, -0.1) is 0 Å². The summed E-state index contributed by atoms with van der Waals surface area (Å²) in [5.41, 5.74) is 0.0382. The van der Waals surface area contributed by atoms with Gasteiger partial charge in [0.25, 0.3) is 6.43 Å². The van der Waals surface area contributed by atoms with Gasteiger partial charge in [-0.25, -0.2) is 13.8 Å². The van der Waals surface area contributed by atoms with Crippen molar-refractivity contribution in [3.8, 4) is 0 Å². The summed E-state index contributed by atoms with van der Waals surface area (Å²) in [4.78, 5) is 3.59. The van der Waals surface area contributed by atoms with E-state index in [1.807, 2.05) is 0 Å². The maximum atomic E-state index is 12.2. The molecule has 0 unspecified atom stereocenters. The largest absolute Gasteiger partial charge is 0.392 e. The molecule has 0 spiro atoms. The Balaban J connectivity index is 3.22. The van der Waals surface area contributed by atoms with Crippen LogP contribution in [0, 0.1) is 0 Å². The van der Waals surface area contributed by atoms with Crippen molar-refractivity contribution in [1.29, 1.82) is 0 Å². The first kappa shape index (κ1) is 11.0. The first-order valence-electron chi connectivity index (χ1n) is 3.30. The molecule has 13 heavy (non-hydrogen) atoms. The molecule has 2 nitrogen and oxygen atoms in total. The normalized spacial score (nSPS) is 10.9. The van der Waals surface area contributed by atoms with E-state index in [1.165, 1.54) is 6.07 Å². The van der Waals surface area contributed by atoms with Crippen molar-refractivity contribution >= 4 is 31.9 Å². The van der Waals surface area contributed by atoms with E-state index in [1.54, 1.807) is 0 Å². The first-order chi connectivity index (χ1) is 6.06. The zero-order valence-electron chi connectivity index (χ0n) is 6.27. The van der Waals surface area contributed by atoms with Gasteiger partial charge in [0, 0.05) is 0 Å². The van der Waals surface area contributed by atoms with E-state index < -0.39 is 6.43 Å². The number of hydrogen-bond donors (Lipinski definition) is 1. The number of aliphatic hydroxyl groups excluding tert-OH is 1. The minimum atomic E-state index is -2.63. The van der Waals surface area contributed by atoms with Crippen LogP contribution in [-0.4, -0.2) is 10.1 Å². The van der Waals surface area contributed by atoms with E-state index in [0.29, 0.717) is 10.0 Å². The van der Waals surface area contributed by atoms with Crippen molar-refractivity contribution in [2.24, 2.45) is 0 Å². The fraction of sp³-hybridized carbons (Fsp3) is 0.286. The monoisotopic (exact) mass is 315 g/mol. The van der Waals surface area contributed by atoms with Crippen LogP contribution in [0.3, 0.4) is 0 Å². The molecule has 0 atom stereocenters. The van der Waals surface area contributed by atoms with E-state index in [-0.39, 0.29) is 16.9 Å². The van der Waals surface area contributed by atoms with Gasteiger partial charge in [-0.2, -0.15) is 0 Å². The van der Waals surface area contributed by atoms with Crippen LogP contribution >= 0.6 is 31.9 Å². The highest BCUT2D eigenvalue weighted by Gasteiger charge is 2.14. The summed E-state index contributed by atoms with van der Waals surface area (Å²) >= 11 is 6.11. The van der Waals surface area contributed by atoms with Gasteiger partial charge in [0.2, 0.25) is 0 Å². The number of aliphatic hydroxyl groups is 1. The highest BCUT2D eigenvalue weighted by molar-refractivity contribution is 9.13. The molecule has 0 aliphatic carbocycles. The molecule has 1 heterocycles. The zero-order valence-corrected chi connectivity index (χ0v) is 9.44. The lowest BCUT2D eigenvalue weighted by Gasteiger charge is -2.06. The minimum Gasteiger partial charge on any atom is -0.392 e. The van der Waals surface area contributed by atoms with Crippen LogP contribution in [0.25, 0.3) is 0 Å². The summed E-state index contributed by atoms with van der Waals surface area (Å²) in [7, 11) is 0. The smallest absolute Gasteiger partial charge is 0.280 e. The third kappa shape index (κ3) is 2.45. The number of aromatic nitrogens is 1. The standard InChI is InChI=1S/C7H5Br2F2NO/c8-5-3(2-13)1-4(7(10)11)12-6(5)9/h1,7,13H,2H2. The fourth-order valence-electron chi connectivity index (χ4n) is 0.796. The van der Waals surface area contributed by atoms with Gasteiger partial charge >= 0.3 is 0 Å². The molecule has 0 aliphatic rings. The predicted octanol–water partition coefficient (Wildman–Crippen LogP) is 3.04. The second kappa shape index (κ2) is 4.43. The lowest BCUT2D eigenvalue weighted by Crippen LogP contribution is -1.96. The molecule has 1 N–H and O–H groups in total. The van der Waals surface area contributed by atoms with E-state index in [9.17, 15) is 8.78 Å². The number of nitrogens with zero attached hydrogens (tertiary/aromatic N) is 1. The van der Waals surface area contributed by atoms with Gasteiger partial charge in [0.15, 0.2) is 0 Å². The molecular weight excluding hydrogens is 312 g/mol. The third-order valence-corrected chi connectivity index (χ3v) is 3.40. The zero-order chi connectivity index (χ0) is 10.0. The summed E-state index contributed by atoms with van der Waals surface area (Å²) in [6.07, 6.45) is -2.63. The van der Waals surface area contributed by atoms with Crippen molar-refractivity contribution in [3.63, 3.8) is 0 Å². The van der Waals surface area contributed by atoms with Crippen LogP contribution in [-0.2, 0) is 6.61 Å². The molecule has 0 bridgehead atoms. The van der Waals surface area contributed by atoms with E-state index in [2.05, 4.69) is 36.8 Å². The number of hydrogen-bond acceptors (Lipinski definition) is 2. The van der Waals surface area contributed by atoms with Crippen LogP contribution in [0.1, 0.15) is 17.7 Å². The van der Waals surface area contributed by atoms with Crippen LogP contribution in [0.4, 0.5) is 8.78 Å². The van der Waals surface area contributed by atoms with Crippen LogP contribution in [0.2, 0.25) is 0 Å². The van der Waals surface area contributed by atoms with Crippen molar-refractivity contribution in [2.75, 3.05) is 0 Å². The molecule has 1 rings (SSSR count). The minimum absolute atomic E-state index is 0.273. The quantitative estimate of drug-likeness (QED) is 0.851. The van der Waals surface area contributed by atoms with E-state index in [0.717, 1.165) is 0 Å². The number of rotatable bonds is 2. The molecule has 0 saturated heterocycles. The second-order valence-electron chi connectivity index (χ2n) is 2.27. The third-order valence-electron chi connectivity index (χ3n) is 1.41. The maximum absolute atomic E-state index is 12.2. The van der Waals surface area contributed by atoms with Gasteiger partial charge in [-0.3, -0.25) is 0 Å². The Morgan fingerprint density at radius 3 is 2.54 bits per heavy atom.